The predicted molar refractivity (Wildman–Crippen MR) is 33.2 cm³/mol. The summed E-state index contributed by atoms with van der Waals surface area (Å²) in [5, 5.41) is 0. The van der Waals surface area contributed by atoms with Gasteiger partial charge in [0.1, 0.15) is 0 Å². The van der Waals surface area contributed by atoms with Crippen LogP contribution in [0.1, 0.15) is 6.42 Å². The van der Waals surface area contributed by atoms with Gasteiger partial charge in [-0.2, -0.15) is 0 Å². The van der Waals surface area contributed by atoms with Gasteiger partial charge in [-0.1, -0.05) is 0 Å². The normalized spacial score (nSPS) is 31.5. The molecule has 0 radical (unpaired) electrons. The minimum Gasteiger partial charge on any atom is -0.305 e. The molecule has 0 saturated carbocycles. The molecule has 8 heavy (non-hydrogen) atoms. The third-order valence-electron chi connectivity index (χ3n) is 1.63. The lowest BCUT2D eigenvalue weighted by molar-refractivity contribution is 0.400. The van der Waals surface area contributed by atoms with Gasteiger partial charge in [-0.25, -0.2) is 0 Å². The van der Waals surface area contributed by atoms with Gasteiger partial charge < -0.3 is 4.90 Å². The van der Waals surface area contributed by atoms with E-state index >= 15 is 0 Å². The minimum atomic E-state index is 0.528. The molecule has 1 rings (SSSR count). The minimum absolute atomic E-state index is 0.528. The molecule has 0 aliphatic carbocycles. The number of hydrogen-bond donors (Lipinski definition) is 2. The van der Waals surface area contributed by atoms with Gasteiger partial charge in [-0.3, -0.25) is 11.3 Å². The molecule has 1 aliphatic rings. The first-order valence-electron chi connectivity index (χ1n) is 2.97. The standard InChI is InChI=1S/C5H13N3/c1-8-3-2-5(4-8)7-6/h5,7H,2-4,6H2,1H3/t5-/m1/s1. The number of nitrogens with two attached hydrogens (primary N) is 1. The van der Waals surface area contributed by atoms with Crippen molar-refractivity contribution in [3.05, 3.63) is 0 Å². The van der Waals surface area contributed by atoms with Gasteiger partial charge in [-0.05, 0) is 20.0 Å². The maximum atomic E-state index is 5.22. The molecule has 0 aromatic heterocycles. The van der Waals surface area contributed by atoms with E-state index < -0.39 is 0 Å². The van der Waals surface area contributed by atoms with Gasteiger partial charge in [0.2, 0.25) is 0 Å². The van der Waals surface area contributed by atoms with Gasteiger partial charge in [0.25, 0.3) is 0 Å². The molecule has 0 amide bonds. The second-order valence-electron chi connectivity index (χ2n) is 2.41. The molecule has 3 N–H and O–H groups in total. The fraction of sp³-hybridized carbons (Fsp3) is 1.00. The zero-order valence-electron chi connectivity index (χ0n) is 5.22. The first-order chi connectivity index (χ1) is 3.83. The van der Waals surface area contributed by atoms with Crippen molar-refractivity contribution >= 4 is 0 Å². The van der Waals surface area contributed by atoms with Crippen LogP contribution in [0.3, 0.4) is 0 Å². The number of hydrogen-bond acceptors (Lipinski definition) is 3. The SMILES string of the molecule is CN1CC[C@@H](NN)C1. The van der Waals surface area contributed by atoms with Gasteiger partial charge >= 0.3 is 0 Å². The van der Waals surface area contributed by atoms with Crippen molar-refractivity contribution < 1.29 is 0 Å². The van der Waals surface area contributed by atoms with Gasteiger partial charge in [0, 0.05) is 12.6 Å². The van der Waals surface area contributed by atoms with Crippen LogP contribution in [0.5, 0.6) is 0 Å². The highest BCUT2D eigenvalue weighted by Gasteiger charge is 2.16. The van der Waals surface area contributed by atoms with Crippen molar-refractivity contribution in [2.45, 2.75) is 12.5 Å². The Morgan fingerprint density at radius 3 is 2.75 bits per heavy atom. The van der Waals surface area contributed by atoms with E-state index in [1.54, 1.807) is 0 Å². The van der Waals surface area contributed by atoms with E-state index in [1.165, 1.54) is 13.0 Å². The first-order valence-corrected chi connectivity index (χ1v) is 2.97. The molecule has 1 fully saturated rings. The Kier molecular flexibility index (Phi) is 1.83. The number of hydrazine groups is 1. The zero-order chi connectivity index (χ0) is 5.98. The van der Waals surface area contributed by atoms with Crippen LogP contribution in [0.25, 0.3) is 0 Å². The Morgan fingerprint density at radius 2 is 2.50 bits per heavy atom. The number of likely N-dealkylation sites (tertiary alicyclic amines) is 1. The maximum absolute atomic E-state index is 5.22. The van der Waals surface area contributed by atoms with Crippen LogP contribution >= 0.6 is 0 Å². The topological polar surface area (TPSA) is 41.3 Å². The molecule has 0 aromatic rings. The average molecular weight is 115 g/mol. The second kappa shape index (κ2) is 2.44. The molecule has 1 heterocycles. The highest BCUT2D eigenvalue weighted by atomic mass is 15.3. The van der Waals surface area contributed by atoms with Crippen molar-refractivity contribution in [2.24, 2.45) is 5.84 Å². The van der Waals surface area contributed by atoms with E-state index in [4.69, 9.17) is 5.84 Å². The Labute approximate surface area is 49.8 Å². The maximum Gasteiger partial charge on any atom is 0.0349 e. The van der Waals surface area contributed by atoms with Crippen LogP contribution in [-0.4, -0.2) is 31.1 Å². The van der Waals surface area contributed by atoms with E-state index in [9.17, 15) is 0 Å². The number of likely N-dealkylation sites (N-methyl/N-ethyl adjacent to an activating group) is 1. The summed E-state index contributed by atoms with van der Waals surface area (Å²) >= 11 is 0. The molecule has 48 valence electrons. The Balaban J connectivity index is 2.22. The lowest BCUT2D eigenvalue weighted by atomic mass is 10.3. The van der Waals surface area contributed by atoms with Gasteiger partial charge in [-0.15, -0.1) is 0 Å². The Morgan fingerprint density at radius 1 is 1.75 bits per heavy atom. The van der Waals surface area contributed by atoms with Crippen molar-refractivity contribution in [3.8, 4) is 0 Å². The van der Waals surface area contributed by atoms with Crippen LogP contribution in [0, 0.1) is 0 Å². The molecule has 1 saturated heterocycles. The fourth-order valence-corrected chi connectivity index (χ4v) is 1.07. The first kappa shape index (κ1) is 6.01. The highest BCUT2D eigenvalue weighted by Crippen LogP contribution is 2.03. The summed E-state index contributed by atoms with van der Waals surface area (Å²) in [5.41, 5.74) is 2.75. The number of nitrogens with one attached hydrogen (secondary N) is 1. The third kappa shape index (κ3) is 1.18. The lowest BCUT2D eigenvalue weighted by Gasteiger charge is -2.07. The molecule has 0 bridgehead atoms. The molecule has 0 spiro atoms. The molecule has 3 nitrogen and oxygen atoms in total. The van der Waals surface area contributed by atoms with Gasteiger partial charge in [0.05, 0.1) is 0 Å². The van der Waals surface area contributed by atoms with Gasteiger partial charge in [0.15, 0.2) is 0 Å². The molecule has 0 unspecified atom stereocenters. The van der Waals surface area contributed by atoms with Crippen molar-refractivity contribution in [1.82, 2.24) is 10.3 Å². The van der Waals surface area contributed by atoms with Crippen molar-refractivity contribution in [3.63, 3.8) is 0 Å². The summed E-state index contributed by atoms with van der Waals surface area (Å²) < 4.78 is 0. The molecule has 0 aromatic carbocycles. The number of rotatable bonds is 1. The summed E-state index contributed by atoms with van der Waals surface area (Å²) in [6, 6.07) is 0.528. The molecular weight excluding hydrogens is 102 g/mol. The van der Waals surface area contributed by atoms with Crippen LogP contribution in [0.4, 0.5) is 0 Å². The monoisotopic (exact) mass is 115 g/mol. The third-order valence-corrected chi connectivity index (χ3v) is 1.63. The number of nitrogens with zero attached hydrogens (tertiary/aromatic N) is 1. The molecule has 3 heteroatoms. The zero-order valence-corrected chi connectivity index (χ0v) is 5.22. The Hall–Kier alpha value is -0.120. The quantitative estimate of drug-likeness (QED) is 0.345. The second-order valence-corrected chi connectivity index (χ2v) is 2.41. The largest absolute Gasteiger partial charge is 0.305 e. The summed E-state index contributed by atoms with van der Waals surface area (Å²) in [5.74, 6) is 5.22. The average Bonchev–Trinajstić information content (AvgIpc) is 2.14. The van der Waals surface area contributed by atoms with Crippen molar-refractivity contribution in [2.75, 3.05) is 20.1 Å². The molecule has 1 aliphatic heterocycles. The van der Waals surface area contributed by atoms with E-state index in [-0.39, 0.29) is 0 Å². The summed E-state index contributed by atoms with van der Waals surface area (Å²) in [6.07, 6.45) is 1.19. The molecular formula is C5H13N3. The Bertz CT molecular complexity index is 74.1. The summed E-state index contributed by atoms with van der Waals surface area (Å²) in [6.45, 7) is 2.27. The van der Waals surface area contributed by atoms with Crippen LogP contribution in [-0.2, 0) is 0 Å². The molecule has 1 atom stereocenters. The van der Waals surface area contributed by atoms with E-state index in [0.717, 1.165) is 6.54 Å². The van der Waals surface area contributed by atoms with E-state index in [0.29, 0.717) is 6.04 Å². The van der Waals surface area contributed by atoms with Crippen molar-refractivity contribution in [1.29, 1.82) is 0 Å². The van der Waals surface area contributed by atoms with E-state index in [1.807, 2.05) is 0 Å². The predicted octanol–water partition coefficient (Wildman–Crippen LogP) is -0.846. The van der Waals surface area contributed by atoms with Crippen LogP contribution in [0.15, 0.2) is 0 Å². The van der Waals surface area contributed by atoms with Crippen LogP contribution < -0.4 is 11.3 Å². The van der Waals surface area contributed by atoms with Crippen LogP contribution in [0.2, 0.25) is 0 Å². The highest BCUT2D eigenvalue weighted by molar-refractivity contribution is 4.75. The fourth-order valence-electron chi connectivity index (χ4n) is 1.07. The summed E-state index contributed by atoms with van der Waals surface area (Å²) in [7, 11) is 2.11. The summed E-state index contributed by atoms with van der Waals surface area (Å²) in [4.78, 5) is 2.27. The smallest absolute Gasteiger partial charge is 0.0349 e. The lowest BCUT2D eigenvalue weighted by Crippen LogP contribution is -2.36. The van der Waals surface area contributed by atoms with E-state index in [2.05, 4.69) is 17.4 Å².